The number of carbonyl (C=O) groups is 3. The standard InChI is InChI=1S/C39H37Cl2N7O5/c1-25-20-32(48-16-18-52-19-17-48)28-4-3-5-33(39(28)45-25)53-24-29-30(40)8-9-31(38(29)41)47(2)37(51)23-44-35(49)11-7-27-6-10-34(43-22-27)46-36(50)21-26-12-14-42-15-13-26/h3-15,20,22H,16-19,21,23-24H2,1-2H3,(H,44,49)(H,43,46,50)/b11-7+. The summed E-state index contributed by atoms with van der Waals surface area (Å²) in [5.41, 5.74) is 5.04. The van der Waals surface area contributed by atoms with Gasteiger partial charge in [-0.2, -0.15) is 0 Å². The van der Waals surface area contributed by atoms with Crippen molar-refractivity contribution in [3.8, 4) is 5.75 Å². The molecule has 0 aliphatic carbocycles. The van der Waals surface area contributed by atoms with Crippen molar-refractivity contribution in [3.05, 3.63) is 118 Å². The van der Waals surface area contributed by atoms with E-state index in [4.69, 9.17) is 37.7 Å². The van der Waals surface area contributed by atoms with Crippen molar-refractivity contribution < 1.29 is 23.9 Å². The zero-order chi connectivity index (χ0) is 37.3. The molecule has 3 amide bonds. The van der Waals surface area contributed by atoms with Gasteiger partial charge in [-0.3, -0.25) is 19.4 Å². The number of carbonyl (C=O) groups excluding carboxylic acids is 3. The Kier molecular flexibility index (Phi) is 12.1. The predicted molar refractivity (Wildman–Crippen MR) is 207 cm³/mol. The van der Waals surface area contributed by atoms with E-state index in [-0.39, 0.29) is 30.5 Å². The number of likely N-dealkylation sites (N-methyl/N-ethyl adjacent to an activating group) is 1. The Hall–Kier alpha value is -5.56. The first-order chi connectivity index (χ1) is 25.7. The molecule has 0 radical (unpaired) electrons. The highest BCUT2D eigenvalue weighted by atomic mass is 35.5. The van der Waals surface area contributed by atoms with Crippen LogP contribution in [0.5, 0.6) is 5.75 Å². The highest BCUT2D eigenvalue weighted by molar-refractivity contribution is 6.38. The van der Waals surface area contributed by atoms with Crippen LogP contribution in [0.1, 0.15) is 22.4 Å². The molecule has 14 heteroatoms. The number of hydrogen-bond acceptors (Lipinski definition) is 9. The fourth-order valence-corrected chi connectivity index (χ4v) is 6.34. The van der Waals surface area contributed by atoms with Crippen molar-refractivity contribution >= 4 is 75.1 Å². The molecule has 1 aliphatic rings. The Morgan fingerprint density at radius 2 is 1.83 bits per heavy atom. The number of aromatic nitrogens is 3. The predicted octanol–water partition coefficient (Wildman–Crippen LogP) is 6.03. The van der Waals surface area contributed by atoms with Gasteiger partial charge in [0.2, 0.25) is 17.7 Å². The molecule has 0 unspecified atom stereocenters. The number of nitrogens with zero attached hydrogens (tertiary/aromatic N) is 5. The molecule has 4 heterocycles. The van der Waals surface area contributed by atoms with Crippen LogP contribution < -0.4 is 25.2 Å². The molecule has 1 aliphatic heterocycles. The summed E-state index contributed by atoms with van der Waals surface area (Å²) < 4.78 is 11.8. The SMILES string of the molecule is Cc1cc(N2CCOCC2)c2cccc(OCc3c(Cl)ccc(N(C)C(=O)CNC(=O)/C=C/c4ccc(NC(=O)Cc5ccncc5)nc4)c3Cl)c2n1. The minimum atomic E-state index is -0.478. The smallest absolute Gasteiger partial charge is 0.246 e. The molecular weight excluding hydrogens is 717 g/mol. The number of benzene rings is 2. The van der Waals surface area contributed by atoms with E-state index < -0.39 is 11.8 Å². The zero-order valence-electron chi connectivity index (χ0n) is 29.1. The van der Waals surface area contributed by atoms with Crippen LogP contribution in [-0.4, -0.2) is 72.6 Å². The highest BCUT2D eigenvalue weighted by Crippen LogP contribution is 2.37. The topological polar surface area (TPSA) is 139 Å². The normalized spacial score (nSPS) is 12.9. The second kappa shape index (κ2) is 17.3. The summed E-state index contributed by atoms with van der Waals surface area (Å²) in [5, 5.41) is 6.94. The molecule has 2 aromatic carbocycles. The van der Waals surface area contributed by atoms with E-state index in [1.165, 1.54) is 17.2 Å². The van der Waals surface area contributed by atoms with Crippen LogP contribution in [0.25, 0.3) is 17.0 Å². The van der Waals surface area contributed by atoms with Gasteiger partial charge in [0.05, 0.1) is 36.9 Å². The lowest BCUT2D eigenvalue weighted by molar-refractivity contribution is -0.122. The van der Waals surface area contributed by atoms with Gasteiger partial charge in [-0.05, 0) is 72.7 Å². The van der Waals surface area contributed by atoms with Gasteiger partial charge in [0.15, 0.2) is 0 Å². The summed E-state index contributed by atoms with van der Waals surface area (Å²) in [6.07, 6.45) is 7.82. The number of rotatable bonds is 12. The molecule has 1 saturated heterocycles. The molecule has 0 bridgehead atoms. The van der Waals surface area contributed by atoms with Gasteiger partial charge in [0.25, 0.3) is 0 Å². The maximum atomic E-state index is 13.1. The first-order valence-corrected chi connectivity index (χ1v) is 17.6. The number of amides is 3. The third-order valence-electron chi connectivity index (χ3n) is 8.54. The van der Waals surface area contributed by atoms with Crippen LogP contribution in [0.3, 0.4) is 0 Å². The minimum Gasteiger partial charge on any atom is -0.487 e. The van der Waals surface area contributed by atoms with E-state index in [1.54, 1.807) is 61.9 Å². The summed E-state index contributed by atoms with van der Waals surface area (Å²) in [7, 11) is 1.57. The Morgan fingerprint density at radius 3 is 2.58 bits per heavy atom. The summed E-state index contributed by atoms with van der Waals surface area (Å²) in [5.74, 6) is -0.131. The van der Waals surface area contributed by atoms with E-state index in [1.807, 2.05) is 25.1 Å². The summed E-state index contributed by atoms with van der Waals surface area (Å²) >= 11 is 13.4. The maximum absolute atomic E-state index is 13.1. The Labute approximate surface area is 316 Å². The van der Waals surface area contributed by atoms with Crippen LogP contribution in [0.4, 0.5) is 17.2 Å². The van der Waals surface area contributed by atoms with Crippen molar-refractivity contribution in [2.45, 2.75) is 20.0 Å². The van der Waals surface area contributed by atoms with Crippen LogP contribution in [0.15, 0.2) is 85.3 Å². The third-order valence-corrected chi connectivity index (χ3v) is 9.32. The van der Waals surface area contributed by atoms with Gasteiger partial charge in [0, 0.05) is 72.2 Å². The molecule has 0 saturated carbocycles. The number of ether oxygens (including phenoxy) is 2. The summed E-state index contributed by atoms with van der Waals surface area (Å²) in [6.45, 7) is 4.62. The van der Waals surface area contributed by atoms with Crippen molar-refractivity contribution in [1.29, 1.82) is 0 Å². The van der Waals surface area contributed by atoms with Crippen molar-refractivity contribution in [2.75, 3.05) is 55.0 Å². The van der Waals surface area contributed by atoms with Gasteiger partial charge >= 0.3 is 0 Å². The first kappa shape index (κ1) is 37.2. The van der Waals surface area contributed by atoms with Crippen LogP contribution in [0.2, 0.25) is 10.0 Å². The summed E-state index contributed by atoms with van der Waals surface area (Å²) in [4.78, 5) is 54.6. The monoisotopic (exact) mass is 753 g/mol. The van der Waals surface area contributed by atoms with Gasteiger partial charge in [-0.15, -0.1) is 0 Å². The molecule has 272 valence electrons. The number of halogens is 2. The van der Waals surface area contributed by atoms with Crippen LogP contribution in [-0.2, 0) is 32.1 Å². The number of morpholine rings is 1. The van der Waals surface area contributed by atoms with E-state index in [0.717, 1.165) is 40.9 Å². The molecule has 53 heavy (non-hydrogen) atoms. The highest BCUT2D eigenvalue weighted by Gasteiger charge is 2.21. The van der Waals surface area contributed by atoms with E-state index in [9.17, 15) is 14.4 Å². The zero-order valence-corrected chi connectivity index (χ0v) is 30.7. The number of anilines is 3. The average Bonchev–Trinajstić information content (AvgIpc) is 3.17. The van der Waals surface area contributed by atoms with Crippen LogP contribution >= 0.6 is 23.2 Å². The Balaban J connectivity index is 1.04. The second-order valence-electron chi connectivity index (χ2n) is 12.2. The fourth-order valence-electron chi connectivity index (χ4n) is 5.73. The van der Waals surface area contributed by atoms with Crippen molar-refractivity contribution in [2.24, 2.45) is 0 Å². The molecule has 3 aromatic heterocycles. The molecule has 12 nitrogen and oxygen atoms in total. The fraction of sp³-hybridized carbons (Fsp3) is 0.231. The van der Waals surface area contributed by atoms with E-state index in [0.29, 0.717) is 46.6 Å². The number of fused-ring (bicyclic) bond motifs is 1. The number of pyridine rings is 3. The molecule has 5 aromatic rings. The van der Waals surface area contributed by atoms with Gasteiger partial charge in [-0.1, -0.05) is 35.3 Å². The quantitative estimate of drug-likeness (QED) is 0.146. The second-order valence-corrected chi connectivity index (χ2v) is 13.0. The number of nitrogens with one attached hydrogen (secondary N) is 2. The largest absolute Gasteiger partial charge is 0.487 e. The maximum Gasteiger partial charge on any atom is 0.246 e. The molecule has 0 atom stereocenters. The van der Waals surface area contributed by atoms with Gasteiger partial charge in [-0.25, -0.2) is 9.97 Å². The van der Waals surface area contributed by atoms with Crippen LogP contribution in [0, 0.1) is 6.92 Å². The molecule has 0 spiro atoms. The van der Waals surface area contributed by atoms with E-state index in [2.05, 4.69) is 31.6 Å². The lowest BCUT2D eigenvalue weighted by Gasteiger charge is -2.30. The van der Waals surface area contributed by atoms with Gasteiger partial charge < -0.3 is 29.9 Å². The molecule has 6 rings (SSSR count). The van der Waals surface area contributed by atoms with E-state index >= 15 is 0 Å². The molecule has 1 fully saturated rings. The summed E-state index contributed by atoms with van der Waals surface area (Å²) in [6, 6.07) is 18.1. The third kappa shape index (κ3) is 9.46. The van der Waals surface area contributed by atoms with Crippen molar-refractivity contribution in [1.82, 2.24) is 20.3 Å². The number of para-hydroxylation sites is 1. The molecule has 2 N–H and O–H groups in total. The Morgan fingerprint density at radius 1 is 1.04 bits per heavy atom. The number of aryl methyl sites for hydroxylation is 1. The minimum absolute atomic E-state index is 0.0322. The van der Waals surface area contributed by atoms with Crippen molar-refractivity contribution in [3.63, 3.8) is 0 Å². The first-order valence-electron chi connectivity index (χ1n) is 16.9. The lowest BCUT2D eigenvalue weighted by atomic mass is 10.1. The number of hydrogen-bond donors (Lipinski definition) is 2. The van der Waals surface area contributed by atoms with Gasteiger partial charge in [0.1, 0.15) is 23.7 Å². The average molecular weight is 755 g/mol. The Bertz CT molecular complexity index is 2140. The lowest BCUT2D eigenvalue weighted by Crippen LogP contribution is -2.37. The molecular formula is C39H37Cl2N7O5.